The minimum Gasteiger partial charge on any atom is -0.311 e. The zero-order valence-electron chi connectivity index (χ0n) is 11.2. The molecule has 0 bridgehead atoms. The Morgan fingerprint density at radius 1 is 1.37 bits per heavy atom. The SMILES string of the molecule is CCC1(Cc2ccc(Cl)c3cccnc23)CCCN1. The summed E-state index contributed by atoms with van der Waals surface area (Å²) in [7, 11) is 0. The van der Waals surface area contributed by atoms with E-state index < -0.39 is 0 Å². The summed E-state index contributed by atoms with van der Waals surface area (Å²) in [6, 6.07) is 8.13. The summed E-state index contributed by atoms with van der Waals surface area (Å²) in [5.74, 6) is 0. The highest BCUT2D eigenvalue weighted by Gasteiger charge is 2.32. The molecule has 1 unspecified atom stereocenters. The average Bonchev–Trinajstić information content (AvgIpc) is 2.92. The van der Waals surface area contributed by atoms with Crippen molar-refractivity contribution < 1.29 is 0 Å². The molecule has 2 heterocycles. The molecular formula is C16H19ClN2. The zero-order valence-corrected chi connectivity index (χ0v) is 12.0. The first-order valence-electron chi connectivity index (χ1n) is 7.01. The fraction of sp³-hybridized carbons (Fsp3) is 0.438. The molecule has 1 saturated heterocycles. The Morgan fingerprint density at radius 3 is 3.00 bits per heavy atom. The molecule has 3 rings (SSSR count). The van der Waals surface area contributed by atoms with Crippen LogP contribution in [0.4, 0.5) is 0 Å². The van der Waals surface area contributed by atoms with E-state index in [1.54, 1.807) is 0 Å². The standard InChI is InChI=1S/C16H19ClN2/c1-2-16(8-4-10-19-16)11-12-6-7-14(17)13-5-3-9-18-15(12)13/h3,5-7,9,19H,2,4,8,10-11H2,1H3. The first-order chi connectivity index (χ1) is 9.24. The predicted molar refractivity (Wildman–Crippen MR) is 80.7 cm³/mol. The highest BCUT2D eigenvalue weighted by Crippen LogP contribution is 2.31. The number of nitrogens with one attached hydrogen (secondary N) is 1. The Kier molecular flexibility index (Phi) is 3.46. The molecule has 0 amide bonds. The van der Waals surface area contributed by atoms with Crippen molar-refractivity contribution >= 4 is 22.5 Å². The first kappa shape index (κ1) is 12.9. The molecule has 0 aliphatic carbocycles. The summed E-state index contributed by atoms with van der Waals surface area (Å²) in [6.45, 7) is 3.40. The number of halogens is 1. The second kappa shape index (κ2) is 5.10. The molecule has 0 saturated carbocycles. The maximum atomic E-state index is 6.26. The van der Waals surface area contributed by atoms with Crippen molar-refractivity contribution in [2.75, 3.05) is 6.54 Å². The molecule has 1 fully saturated rings. The van der Waals surface area contributed by atoms with E-state index in [1.807, 2.05) is 18.3 Å². The third-order valence-corrected chi connectivity index (χ3v) is 4.67. The zero-order chi connectivity index (χ0) is 13.3. The van der Waals surface area contributed by atoms with Crippen LogP contribution in [0, 0.1) is 0 Å². The second-order valence-corrected chi connectivity index (χ2v) is 5.85. The lowest BCUT2D eigenvalue weighted by Gasteiger charge is -2.28. The molecular weight excluding hydrogens is 256 g/mol. The van der Waals surface area contributed by atoms with E-state index in [1.165, 1.54) is 18.4 Å². The summed E-state index contributed by atoms with van der Waals surface area (Å²) in [6.07, 6.45) is 6.56. The van der Waals surface area contributed by atoms with Crippen LogP contribution in [0.1, 0.15) is 31.7 Å². The smallest absolute Gasteiger partial charge is 0.0749 e. The number of hydrogen-bond donors (Lipinski definition) is 1. The maximum absolute atomic E-state index is 6.26. The van der Waals surface area contributed by atoms with Gasteiger partial charge in [-0.3, -0.25) is 4.98 Å². The van der Waals surface area contributed by atoms with Crippen molar-refractivity contribution in [2.24, 2.45) is 0 Å². The largest absolute Gasteiger partial charge is 0.311 e. The van der Waals surface area contributed by atoms with Crippen LogP contribution in [-0.4, -0.2) is 17.1 Å². The van der Waals surface area contributed by atoms with Crippen molar-refractivity contribution in [3.63, 3.8) is 0 Å². The van der Waals surface area contributed by atoms with Gasteiger partial charge in [0.2, 0.25) is 0 Å². The molecule has 100 valence electrons. The summed E-state index contributed by atoms with van der Waals surface area (Å²) in [5.41, 5.74) is 2.60. The Morgan fingerprint density at radius 2 is 2.26 bits per heavy atom. The van der Waals surface area contributed by atoms with E-state index in [2.05, 4.69) is 29.4 Å². The number of rotatable bonds is 3. The molecule has 1 aliphatic rings. The van der Waals surface area contributed by atoms with E-state index in [0.717, 1.165) is 35.3 Å². The van der Waals surface area contributed by atoms with Gasteiger partial charge < -0.3 is 5.32 Å². The first-order valence-corrected chi connectivity index (χ1v) is 7.39. The molecule has 0 radical (unpaired) electrons. The van der Waals surface area contributed by atoms with Gasteiger partial charge in [0.05, 0.1) is 5.52 Å². The van der Waals surface area contributed by atoms with E-state index >= 15 is 0 Å². The van der Waals surface area contributed by atoms with Crippen LogP contribution in [-0.2, 0) is 6.42 Å². The Hall–Kier alpha value is -1.12. The van der Waals surface area contributed by atoms with Crippen LogP contribution < -0.4 is 5.32 Å². The third kappa shape index (κ3) is 2.35. The number of aromatic nitrogens is 1. The number of hydrogen-bond acceptors (Lipinski definition) is 2. The van der Waals surface area contributed by atoms with Gasteiger partial charge in [-0.2, -0.15) is 0 Å². The van der Waals surface area contributed by atoms with Crippen LogP contribution in [0.2, 0.25) is 5.02 Å². The highest BCUT2D eigenvalue weighted by atomic mass is 35.5. The van der Waals surface area contributed by atoms with Crippen LogP contribution in [0.5, 0.6) is 0 Å². The normalized spacial score (nSPS) is 23.1. The maximum Gasteiger partial charge on any atom is 0.0749 e. The van der Waals surface area contributed by atoms with Gasteiger partial charge in [-0.15, -0.1) is 0 Å². The Bertz CT molecular complexity index is 588. The topological polar surface area (TPSA) is 24.9 Å². The van der Waals surface area contributed by atoms with Crippen molar-refractivity contribution in [2.45, 2.75) is 38.1 Å². The van der Waals surface area contributed by atoms with Crippen LogP contribution in [0.3, 0.4) is 0 Å². The van der Waals surface area contributed by atoms with Crippen LogP contribution in [0.25, 0.3) is 10.9 Å². The van der Waals surface area contributed by atoms with E-state index in [0.29, 0.717) is 0 Å². The molecule has 1 aromatic heterocycles. The number of pyridine rings is 1. The molecule has 0 spiro atoms. The summed E-state index contributed by atoms with van der Waals surface area (Å²) < 4.78 is 0. The molecule has 19 heavy (non-hydrogen) atoms. The van der Waals surface area contributed by atoms with Crippen molar-refractivity contribution in [3.05, 3.63) is 41.0 Å². The summed E-state index contributed by atoms with van der Waals surface area (Å²) >= 11 is 6.26. The lowest BCUT2D eigenvalue weighted by atomic mass is 9.86. The van der Waals surface area contributed by atoms with Crippen molar-refractivity contribution in [3.8, 4) is 0 Å². The van der Waals surface area contributed by atoms with Crippen LogP contribution in [0.15, 0.2) is 30.5 Å². The van der Waals surface area contributed by atoms with E-state index in [4.69, 9.17) is 11.6 Å². The summed E-state index contributed by atoms with van der Waals surface area (Å²) in [5, 5.41) is 5.54. The van der Waals surface area contributed by atoms with Gasteiger partial charge in [0.25, 0.3) is 0 Å². The van der Waals surface area contributed by atoms with Gasteiger partial charge in [-0.1, -0.05) is 24.6 Å². The van der Waals surface area contributed by atoms with E-state index in [-0.39, 0.29) is 5.54 Å². The fourth-order valence-electron chi connectivity index (χ4n) is 3.15. The fourth-order valence-corrected chi connectivity index (χ4v) is 3.37. The molecule has 2 aromatic rings. The molecule has 1 atom stereocenters. The number of fused-ring (bicyclic) bond motifs is 1. The van der Waals surface area contributed by atoms with Crippen molar-refractivity contribution in [1.82, 2.24) is 10.3 Å². The quantitative estimate of drug-likeness (QED) is 0.916. The van der Waals surface area contributed by atoms with Gasteiger partial charge in [-0.05, 0) is 56.0 Å². The van der Waals surface area contributed by atoms with Gasteiger partial charge in [0.15, 0.2) is 0 Å². The monoisotopic (exact) mass is 274 g/mol. The molecule has 1 aliphatic heterocycles. The average molecular weight is 275 g/mol. The van der Waals surface area contributed by atoms with E-state index in [9.17, 15) is 0 Å². The molecule has 2 nitrogen and oxygen atoms in total. The summed E-state index contributed by atoms with van der Waals surface area (Å²) in [4.78, 5) is 4.54. The van der Waals surface area contributed by atoms with Gasteiger partial charge in [0.1, 0.15) is 0 Å². The minimum atomic E-state index is 0.248. The Labute approximate surface area is 119 Å². The molecule has 3 heteroatoms. The lowest BCUT2D eigenvalue weighted by Crippen LogP contribution is -2.41. The predicted octanol–water partition coefficient (Wildman–Crippen LogP) is 3.96. The third-order valence-electron chi connectivity index (χ3n) is 4.34. The van der Waals surface area contributed by atoms with Gasteiger partial charge in [0, 0.05) is 22.1 Å². The second-order valence-electron chi connectivity index (χ2n) is 5.45. The van der Waals surface area contributed by atoms with Crippen molar-refractivity contribution in [1.29, 1.82) is 0 Å². The van der Waals surface area contributed by atoms with Crippen LogP contribution >= 0.6 is 11.6 Å². The van der Waals surface area contributed by atoms with Gasteiger partial charge >= 0.3 is 0 Å². The number of nitrogens with zero attached hydrogens (tertiary/aromatic N) is 1. The highest BCUT2D eigenvalue weighted by molar-refractivity contribution is 6.35. The lowest BCUT2D eigenvalue weighted by molar-refractivity contribution is 0.360. The Balaban J connectivity index is 2.03. The van der Waals surface area contributed by atoms with Gasteiger partial charge in [-0.25, -0.2) is 0 Å². The number of benzene rings is 1. The molecule has 1 aromatic carbocycles. The minimum absolute atomic E-state index is 0.248. The molecule has 1 N–H and O–H groups in total.